The normalized spacial score (nSPS) is 14.5. The Morgan fingerprint density at radius 3 is 2.46 bits per heavy atom. The average Bonchev–Trinajstić information content (AvgIpc) is 2.62. The van der Waals surface area contributed by atoms with Crippen LogP contribution in [0.2, 0.25) is 5.15 Å². The quantitative estimate of drug-likeness (QED) is 0.485. The lowest BCUT2D eigenvalue weighted by atomic mass is 10.2. The Hall–Kier alpha value is -2.67. The number of carbonyl (C=O) groups is 1. The Morgan fingerprint density at radius 2 is 1.83 bits per heavy atom. The third kappa shape index (κ3) is 3.30. The number of nitro groups is 1. The zero-order valence-corrected chi connectivity index (χ0v) is 13.5. The van der Waals surface area contributed by atoms with Crippen molar-refractivity contribution in [1.82, 2.24) is 9.88 Å². The molecule has 0 bridgehead atoms. The molecular weight excluding hydrogens is 332 g/mol. The number of carbonyl (C=O) groups excluding carboxylic acids is 1. The predicted octanol–water partition coefficient (Wildman–Crippen LogP) is 2.61. The first-order valence-corrected chi connectivity index (χ1v) is 7.83. The molecule has 1 aliphatic heterocycles. The minimum atomic E-state index is -0.383. The maximum atomic E-state index is 12.4. The van der Waals surface area contributed by atoms with Crippen molar-refractivity contribution in [2.45, 2.75) is 0 Å². The second-order valence-corrected chi connectivity index (χ2v) is 5.78. The second kappa shape index (κ2) is 6.84. The molecule has 2 heterocycles. The van der Waals surface area contributed by atoms with Gasteiger partial charge in [0, 0.05) is 38.4 Å². The van der Waals surface area contributed by atoms with E-state index in [-0.39, 0.29) is 16.5 Å². The van der Waals surface area contributed by atoms with Gasteiger partial charge in [-0.05, 0) is 18.2 Å². The number of nitro benzene ring substituents is 1. The third-order valence-corrected chi connectivity index (χ3v) is 4.18. The minimum Gasteiger partial charge on any atom is -0.362 e. The van der Waals surface area contributed by atoms with Gasteiger partial charge < -0.3 is 9.80 Å². The van der Waals surface area contributed by atoms with Crippen LogP contribution >= 0.6 is 11.6 Å². The summed E-state index contributed by atoms with van der Waals surface area (Å²) >= 11 is 5.73. The summed E-state index contributed by atoms with van der Waals surface area (Å²) in [6.45, 7) is 2.07. The Kier molecular flexibility index (Phi) is 4.61. The summed E-state index contributed by atoms with van der Waals surface area (Å²) in [6, 6.07) is 9.88. The predicted molar refractivity (Wildman–Crippen MR) is 90.5 cm³/mol. The van der Waals surface area contributed by atoms with Gasteiger partial charge in [0.1, 0.15) is 10.8 Å². The van der Waals surface area contributed by atoms with Gasteiger partial charge in [0.25, 0.3) is 11.6 Å². The van der Waals surface area contributed by atoms with Gasteiger partial charge in [0.15, 0.2) is 0 Å². The van der Waals surface area contributed by atoms with Crippen LogP contribution in [0.4, 0.5) is 11.4 Å². The van der Waals surface area contributed by atoms with E-state index >= 15 is 0 Å². The summed E-state index contributed by atoms with van der Waals surface area (Å²) in [4.78, 5) is 30.8. The number of anilines is 1. The van der Waals surface area contributed by atoms with E-state index in [1.54, 1.807) is 35.2 Å². The lowest BCUT2D eigenvalue weighted by Gasteiger charge is -2.35. The van der Waals surface area contributed by atoms with Crippen LogP contribution in [-0.2, 0) is 0 Å². The molecule has 0 unspecified atom stereocenters. The lowest BCUT2D eigenvalue weighted by molar-refractivity contribution is -0.384. The molecule has 0 N–H and O–H groups in total. The smallest absolute Gasteiger partial charge is 0.292 e. The zero-order chi connectivity index (χ0) is 17.1. The van der Waals surface area contributed by atoms with Crippen molar-refractivity contribution in [2.24, 2.45) is 0 Å². The molecule has 7 nitrogen and oxygen atoms in total. The van der Waals surface area contributed by atoms with Gasteiger partial charge in [-0.1, -0.05) is 23.7 Å². The summed E-state index contributed by atoms with van der Waals surface area (Å²) < 4.78 is 0. The summed E-state index contributed by atoms with van der Waals surface area (Å²) in [6.07, 6.45) is 1.46. The van der Waals surface area contributed by atoms with Crippen LogP contribution in [0.5, 0.6) is 0 Å². The maximum absolute atomic E-state index is 12.4. The Bertz CT molecular complexity index is 758. The van der Waals surface area contributed by atoms with Crippen molar-refractivity contribution in [3.63, 3.8) is 0 Å². The Balaban J connectivity index is 1.69. The molecule has 3 rings (SSSR count). The summed E-state index contributed by atoms with van der Waals surface area (Å²) in [7, 11) is 0. The average molecular weight is 347 g/mol. The van der Waals surface area contributed by atoms with Crippen LogP contribution in [0.3, 0.4) is 0 Å². The van der Waals surface area contributed by atoms with Crippen LogP contribution in [0.1, 0.15) is 10.4 Å². The molecular formula is C16H15ClN4O3. The lowest BCUT2D eigenvalue weighted by Crippen LogP contribution is -2.49. The highest BCUT2D eigenvalue weighted by Crippen LogP contribution is 2.28. The summed E-state index contributed by atoms with van der Waals surface area (Å²) in [5.41, 5.74) is 1.15. The van der Waals surface area contributed by atoms with Crippen molar-refractivity contribution in [1.29, 1.82) is 0 Å². The summed E-state index contributed by atoms with van der Waals surface area (Å²) in [5.74, 6) is -0.110. The number of hydrogen-bond donors (Lipinski definition) is 0. The van der Waals surface area contributed by atoms with Gasteiger partial charge in [-0.2, -0.15) is 0 Å². The molecule has 2 aromatic rings. The van der Waals surface area contributed by atoms with Gasteiger partial charge in [0.2, 0.25) is 0 Å². The first-order valence-electron chi connectivity index (χ1n) is 7.45. The molecule has 1 aliphatic rings. The number of hydrogen-bond acceptors (Lipinski definition) is 5. The van der Waals surface area contributed by atoms with Gasteiger partial charge in [0.05, 0.1) is 10.5 Å². The first-order chi connectivity index (χ1) is 11.6. The molecule has 0 radical (unpaired) electrons. The SMILES string of the molecule is O=C(c1ccc(Cl)nc1)N1CCN(c2ccccc2[N+](=O)[O-])CC1. The Labute approximate surface area is 143 Å². The van der Waals surface area contributed by atoms with Crippen LogP contribution in [0.15, 0.2) is 42.6 Å². The van der Waals surface area contributed by atoms with Crippen LogP contribution < -0.4 is 4.90 Å². The molecule has 24 heavy (non-hydrogen) atoms. The molecule has 0 saturated carbocycles. The number of nitrogens with zero attached hydrogens (tertiary/aromatic N) is 4. The molecule has 1 saturated heterocycles. The fourth-order valence-electron chi connectivity index (χ4n) is 2.72. The molecule has 0 atom stereocenters. The number of aromatic nitrogens is 1. The monoisotopic (exact) mass is 346 g/mol. The minimum absolute atomic E-state index is 0.0826. The molecule has 1 aromatic heterocycles. The van der Waals surface area contributed by atoms with E-state index in [4.69, 9.17) is 11.6 Å². The number of amides is 1. The van der Waals surface area contributed by atoms with Crippen molar-refractivity contribution in [2.75, 3.05) is 31.1 Å². The molecule has 124 valence electrons. The second-order valence-electron chi connectivity index (χ2n) is 5.39. The van der Waals surface area contributed by atoms with E-state index in [0.29, 0.717) is 42.6 Å². The van der Waals surface area contributed by atoms with Crippen molar-refractivity contribution in [3.8, 4) is 0 Å². The highest BCUT2D eigenvalue weighted by molar-refractivity contribution is 6.29. The summed E-state index contributed by atoms with van der Waals surface area (Å²) in [5, 5.41) is 11.5. The van der Waals surface area contributed by atoms with Crippen molar-refractivity contribution < 1.29 is 9.72 Å². The van der Waals surface area contributed by atoms with Gasteiger partial charge >= 0.3 is 0 Å². The van der Waals surface area contributed by atoms with Crippen LogP contribution in [0, 0.1) is 10.1 Å². The number of rotatable bonds is 3. The topological polar surface area (TPSA) is 79.6 Å². The van der Waals surface area contributed by atoms with Gasteiger partial charge in [-0.25, -0.2) is 4.98 Å². The highest BCUT2D eigenvalue weighted by Gasteiger charge is 2.26. The molecule has 0 aliphatic carbocycles. The largest absolute Gasteiger partial charge is 0.362 e. The molecule has 0 spiro atoms. The van der Waals surface area contributed by atoms with Crippen molar-refractivity contribution >= 4 is 28.9 Å². The number of para-hydroxylation sites is 2. The third-order valence-electron chi connectivity index (χ3n) is 3.96. The van der Waals surface area contributed by atoms with Gasteiger partial charge in [-0.15, -0.1) is 0 Å². The molecule has 1 fully saturated rings. The molecule has 8 heteroatoms. The zero-order valence-electron chi connectivity index (χ0n) is 12.8. The van der Waals surface area contributed by atoms with Crippen LogP contribution in [-0.4, -0.2) is 46.9 Å². The van der Waals surface area contributed by atoms with E-state index in [0.717, 1.165) is 0 Å². The van der Waals surface area contributed by atoms with E-state index < -0.39 is 0 Å². The standard InChI is InChI=1S/C16H15ClN4O3/c17-15-6-5-12(11-18-15)16(22)20-9-7-19(8-10-20)13-3-1-2-4-14(13)21(23)24/h1-6,11H,7-10H2. The first kappa shape index (κ1) is 16.2. The maximum Gasteiger partial charge on any atom is 0.292 e. The fraction of sp³-hybridized carbons (Fsp3) is 0.250. The Morgan fingerprint density at radius 1 is 1.12 bits per heavy atom. The number of benzene rings is 1. The van der Waals surface area contributed by atoms with E-state index in [2.05, 4.69) is 4.98 Å². The van der Waals surface area contributed by atoms with Gasteiger partial charge in [-0.3, -0.25) is 14.9 Å². The van der Waals surface area contributed by atoms with Crippen molar-refractivity contribution in [3.05, 3.63) is 63.4 Å². The molecule has 1 aromatic carbocycles. The van der Waals surface area contributed by atoms with E-state index in [1.807, 2.05) is 4.90 Å². The molecule has 1 amide bonds. The number of halogens is 1. The highest BCUT2D eigenvalue weighted by atomic mass is 35.5. The number of pyridine rings is 1. The number of piperazine rings is 1. The fourth-order valence-corrected chi connectivity index (χ4v) is 2.83. The van der Waals surface area contributed by atoms with Crippen LogP contribution in [0.25, 0.3) is 0 Å². The van der Waals surface area contributed by atoms with E-state index in [1.165, 1.54) is 12.3 Å². The van der Waals surface area contributed by atoms with E-state index in [9.17, 15) is 14.9 Å².